The summed E-state index contributed by atoms with van der Waals surface area (Å²) in [6.45, 7) is 0. The lowest BCUT2D eigenvalue weighted by molar-refractivity contribution is 0.405. The van der Waals surface area contributed by atoms with Crippen LogP contribution in [0.2, 0.25) is 5.02 Å². The standard InChI is InChI=1S/C18H18ClN3O2S/c1-23-16-12-15(17(24-2)11-14(16)19)21-18(25)22-20-10-6-9-13-7-4-3-5-8-13/h3-12H,1-2H3,(H2,21,22,25)/b9-6+,20-10+. The third kappa shape index (κ3) is 5.77. The number of hydrogen-bond acceptors (Lipinski definition) is 4. The van der Waals surface area contributed by atoms with Gasteiger partial charge in [0.2, 0.25) is 0 Å². The number of methoxy groups -OCH3 is 2. The van der Waals surface area contributed by atoms with E-state index >= 15 is 0 Å². The van der Waals surface area contributed by atoms with Gasteiger partial charge in [-0.05, 0) is 23.9 Å². The Morgan fingerprint density at radius 1 is 1.12 bits per heavy atom. The van der Waals surface area contributed by atoms with Crippen LogP contribution in [0.25, 0.3) is 6.08 Å². The van der Waals surface area contributed by atoms with Crippen LogP contribution in [-0.2, 0) is 0 Å². The van der Waals surface area contributed by atoms with Crippen molar-refractivity contribution in [3.8, 4) is 11.5 Å². The lowest BCUT2D eigenvalue weighted by atomic mass is 10.2. The molecule has 0 aliphatic heterocycles. The molecule has 0 fully saturated rings. The van der Waals surface area contributed by atoms with Crippen LogP contribution in [0, 0.1) is 0 Å². The van der Waals surface area contributed by atoms with E-state index in [1.807, 2.05) is 42.5 Å². The van der Waals surface area contributed by atoms with E-state index in [2.05, 4.69) is 15.8 Å². The van der Waals surface area contributed by atoms with Gasteiger partial charge in [0, 0.05) is 18.3 Å². The van der Waals surface area contributed by atoms with Crippen molar-refractivity contribution in [3.05, 3.63) is 59.1 Å². The smallest absolute Gasteiger partial charge is 0.191 e. The molecule has 0 heterocycles. The van der Waals surface area contributed by atoms with Crippen LogP contribution in [0.3, 0.4) is 0 Å². The van der Waals surface area contributed by atoms with Gasteiger partial charge in [-0.3, -0.25) is 5.43 Å². The van der Waals surface area contributed by atoms with E-state index in [0.29, 0.717) is 27.3 Å². The van der Waals surface area contributed by atoms with Crippen LogP contribution < -0.4 is 20.2 Å². The highest BCUT2D eigenvalue weighted by Crippen LogP contribution is 2.35. The first kappa shape index (κ1) is 18.8. The van der Waals surface area contributed by atoms with E-state index in [-0.39, 0.29) is 0 Å². The molecule has 0 aliphatic rings. The van der Waals surface area contributed by atoms with Crippen molar-refractivity contribution in [2.24, 2.45) is 5.10 Å². The number of hydrogen-bond donors (Lipinski definition) is 2. The molecule has 2 N–H and O–H groups in total. The zero-order chi connectivity index (χ0) is 18.1. The van der Waals surface area contributed by atoms with Crippen molar-refractivity contribution in [2.75, 3.05) is 19.5 Å². The van der Waals surface area contributed by atoms with E-state index in [9.17, 15) is 0 Å². The summed E-state index contributed by atoms with van der Waals surface area (Å²) in [4.78, 5) is 0. The molecule has 5 nitrogen and oxygen atoms in total. The van der Waals surface area contributed by atoms with Gasteiger partial charge in [-0.1, -0.05) is 48.0 Å². The van der Waals surface area contributed by atoms with Gasteiger partial charge >= 0.3 is 0 Å². The normalized spacial score (nSPS) is 10.8. The summed E-state index contributed by atoms with van der Waals surface area (Å²) in [5.41, 5.74) is 4.44. The van der Waals surface area contributed by atoms with Crippen molar-refractivity contribution in [3.63, 3.8) is 0 Å². The number of hydrazone groups is 1. The summed E-state index contributed by atoms with van der Waals surface area (Å²) in [5, 5.41) is 7.79. The third-order valence-electron chi connectivity index (χ3n) is 3.14. The number of halogens is 1. The Kier molecular flexibility index (Phi) is 7.25. The maximum absolute atomic E-state index is 6.07. The molecular formula is C18H18ClN3O2S. The lowest BCUT2D eigenvalue weighted by Gasteiger charge is -2.13. The molecule has 25 heavy (non-hydrogen) atoms. The molecule has 2 aromatic rings. The van der Waals surface area contributed by atoms with Crippen LogP contribution >= 0.6 is 23.8 Å². The summed E-state index contributed by atoms with van der Waals surface area (Å²) in [6, 6.07) is 13.3. The number of anilines is 1. The van der Waals surface area contributed by atoms with Crippen molar-refractivity contribution < 1.29 is 9.47 Å². The molecule has 0 unspecified atom stereocenters. The molecule has 0 spiro atoms. The van der Waals surface area contributed by atoms with Crippen molar-refractivity contribution >= 4 is 46.9 Å². The van der Waals surface area contributed by atoms with Crippen LogP contribution in [0.1, 0.15) is 5.56 Å². The number of ether oxygens (including phenoxy) is 2. The van der Waals surface area contributed by atoms with Gasteiger partial charge in [0.05, 0.1) is 24.9 Å². The van der Waals surface area contributed by atoms with Crippen molar-refractivity contribution in [1.29, 1.82) is 0 Å². The van der Waals surface area contributed by atoms with E-state index in [1.54, 1.807) is 25.5 Å². The summed E-state index contributed by atoms with van der Waals surface area (Å²) >= 11 is 11.3. The number of rotatable bonds is 6. The Morgan fingerprint density at radius 2 is 1.84 bits per heavy atom. The minimum absolute atomic E-state index is 0.312. The summed E-state index contributed by atoms with van der Waals surface area (Å²) in [5.74, 6) is 1.06. The minimum atomic E-state index is 0.312. The molecule has 0 saturated heterocycles. The summed E-state index contributed by atoms with van der Waals surface area (Å²) < 4.78 is 10.5. The first-order valence-corrected chi connectivity index (χ1v) is 8.16. The molecule has 0 bridgehead atoms. The molecule has 0 radical (unpaired) electrons. The van der Waals surface area contributed by atoms with E-state index in [1.165, 1.54) is 7.11 Å². The number of thiocarbonyl (C=S) groups is 1. The monoisotopic (exact) mass is 375 g/mol. The maximum Gasteiger partial charge on any atom is 0.191 e. The van der Waals surface area contributed by atoms with Crippen molar-refractivity contribution in [1.82, 2.24) is 5.43 Å². The zero-order valence-electron chi connectivity index (χ0n) is 13.8. The number of benzene rings is 2. The second kappa shape index (κ2) is 9.66. The molecule has 0 amide bonds. The quantitative estimate of drug-likeness (QED) is 0.447. The lowest BCUT2D eigenvalue weighted by Crippen LogP contribution is -2.24. The predicted octanol–water partition coefficient (Wildman–Crippen LogP) is 4.34. The molecule has 0 atom stereocenters. The van der Waals surface area contributed by atoms with Gasteiger partial charge in [-0.25, -0.2) is 0 Å². The maximum atomic E-state index is 6.07. The second-order valence-corrected chi connectivity index (χ2v) is 5.62. The Balaban J connectivity index is 1.94. The molecule has 7 heteroatoms. The van der Waals surface area contributed by atoms with Crippen LogP contribution in [0.4, 0.5) is 5.69 Å². The van der Waals surface area contributed by atoms with Gasteiger partial charge in [0.1, 0.15) is 11.5 Å². The Bertz CT molecular complexity index is 779. The first-order valence-electron chi connectivity index (χ1n) is 7.37. The molecule has 0 aromatic heterocycles. The van der Waals surface area contributed by atoms with Gasteiger partial charge in [-0.15, -0.1) is 0 Å². The number of allylic oxidation sites excluding steroid dienone is 1. The largest absolute Gasteiger partial charge is 0.495 e. The molecule has 2 aromatic carbocycles. The van der Waals surface area contributed by atoms with Crippen LogP contribution in [0.15, 0.2) is 53.6 Å². The van der Waals surface area contributed by atoms with Crippen LogP contribution in [-0.4, -0.2) is 25.5 Å². The van der Waals surface area contributed by atoms with Gasteiger partial charge in [-0.2, -0.15) is 5.10 Å². The Labute approximate surface area is 157 Å². The molecular weight excluding hydrogens is 358 g/mol. The third-order valence-corrected chi connectivity index (χ3v) is 3.63. The van der Waals surface area contributed by atoms with Crippen LogP contribution in [0.5, 0.6) is 11.5 Å². The Morgan fingerprint density at radius 3 is 2.52 bits per heavy atom. The zero-order valence-corrected chi connectivity index (χ0v) is 15.4. The minimum Gasteiger partial charge on any atom is -0.495 e. The van der Waals surface area contributed by atoms with Gasteiger partial charge < -0.3 is 14.8 Å². The fourth-order valence-corrected chi connectivity index (χ4v) is 2.36. The number of nitrogens with one attached hydrogen (secondary N) is 2. The fourth-order valence-electron chi connectivity index (χ4n) is 1.97. The second-order valence-electron chi connectivity index (χ2n) is 4.80. The highest BCUT2D eigenvalue weighted by atomic mass is 35.5. The molecule has 0 aliphatic carbocycles. The van der Waals surface area contributed by atoms with E-state index < -0.39 is 0 Å². The fraction of sp³-hybridized carbons (Fsp3) is 0.111. The summed E-state index contributed by atoms with van der Waals surface area (Å²) in [6.07, 6.45) is 5.37. The topological polar surface area (TPSA) is 54.9 Å². The van der Waals surface area contributed by atoms with Gasteiger partial charge in [0.15, 0.2) is 5.11 Å². The molecule has 2 rings (SSSR count). The average Bonchev–Trinajstić information content (AvgIpc) is 2.63. The summed E-state index contributed by atoms with van der Waals surface area (Å²) in [7, 11) is 3.09. The van der Waals surface area contributed by atoms with E-state index in [0.717, 1.165) is 5.56 Å². The molecule has 0 saturated carbocycles. The van der Waals surface area contributed by atoms with Gasteiger partial charge in [0.25, 0.3) is 0 Å². The van der Waals surface area contributed by atoms with Crippen molar-refractivity contribution in [2.45, 2.75) is 0 Å². The molecule has 130 valence electrons. The average molecular weight is 376 g/mol. The van der Waals surface area contributed by atoms with E-state index in [4.69, 9.17) is 33.3 Å². The first-order chi connectivity index (χ1) is 12.1. The Hall–Kier alpha value is -2.57. The highest BCUT2D eigenvalue weighted by molar-refractivity contribution is 7.80. The SMILES string of the molecule is COc1cc(NC(=S)N/N=C/C=C/c2ccccc2)c(OC)cc1Cl. The number of nitrogens with zero attached hydrogens (tertiary/aromatic N) is 1. The highest BCUT2D eigenvalue weighted by Gasteiger charge is 2.10. The predicted molar refractivity (Wildman–Crippen MR) is 108 cm³/mol.